The Morgan fingerprint density at radius 1 is 0.909 bits per heavy atom. The molecular weight excluding hydrogens is 270 g/mol. The second kappa shape index (κ2) is 7.57. The highest BCUT2D eigenvalue weighted by Gasteiger charge is 2.32. The van der Waals surface area contributed by atoms with E-state index in [4.69, 9.17) is 4.74 Å². The molecule has 116 valence electrons. The maximum atomic E-state index is 5.80. The summed E-state index contributed by atoms with van der Waals surface area (Å²) in [6, 6.07) is 21.5. The lowest BCUT2D eigenvalue weighted by Gasteiger charge is -2.38. The molecule has 1 heterocycles. The van der Waals surface area contributed by atoms with Crippen LogP contribution in [0.15, 0.2) is 60.7 Å². The number of hydrogen-bond donors (Lipinski definition) is 1. The third-order valence-corrected chi connectivity index (χ3v) is 4.47. The molecule has 0 saturated carbocycles. The molecule has 1 aliphatic rings. The van der Waals surface area contributed by atoms with Gasteiger partial charge in [0.1, 0.15) is 0 Å². The van der Waals surface area contributed by atoms with Gasteiger partial charge in [0.15, 0.2) is 0 Å². The first kappa shape index (κ1) is 15.3. The first-order chi connectivity index (χ1) is 10.9. The zero-order chi connectivity index (χ0) is 15.1. The van der Waals surface area contributed by atoms with Gasteiger partial charge in [-0.05, 0) is 36.8 Å². The Morgan fingerprint density at radius 2 is 1.59 bits per heavy atom. The van der Waals surface area contributed by atoms with Gasteiger partial charge in [-0.25, -0.2) is 0 Å². The molecule has 2 heteroatoms. The van der Waals surface area contributed by atoms with Gasteiger partial charge >= 0.3 is 0 Å². The van der Waals surface area contributed by atoms with Crippen molar-refractivity contribution in [2.45, 2.75) is 31.2 Å². The highest BCUT2D eigenvalue weighted by molar-refractivity contribution is 5.19. The Kier molecular flexibility index (Phi) is 5.25. The lowest BCUT2D eigenvalue weighted by molar-refractivity contribution is 0.0221. The average Bonchev–Trinajstić information content (AvgIpc) is 2.58. The van der Waals surface area contributed by atoms with Gasteiger partial charge in [-0.2, -0.15) is 0 Å². The Labute approximate surface area is 133 Å². The van der Waals surface area contributed by atoms with Gasteiger partial charge in [-0.1, -0.05) is 60.7 Å². The fourth-order valence-corrected chi connectivity index (χ4v) is 3.33. The Balaban J connectivity index is 1.62. The van der Waals surface area contributed by atoms with Crippen molar-refractivity contribution < 1.29 is 4.74 Å². The summed E-state index contributed by atoms with van der Waals surface area (Å²) < 4.78 is 5.80. The summed E-state index contributed by atoms with van der Waals surface area (Å²) in [6.45, 7) is 2.60. The number of rotatable bonds is 6. The second-order valence-electron chi connectivity index (χ2n) is 6.26. The zero-order valence-electron chi connectivity index (χ0n) is 13.1. The topological polar surface area (TPSA) is 21.3 Å². The Bertz CT molecular complexity index is 546. The maximum absolute atomic E-state index is 5.80. The first-order valence-electron chi connectivity index (χ1n) is 8.27. The minimum atomic E-state index is 0.0917. The first-order valence-corrected chi connectivity index (χ1v) is 8.27. The van der Waals surface area contributed by atoms with Crippen LogP contribution in [-0.4, -0.2) is 25.3 Å². The molecule has 0 bridgehead atoms. The molecule has 1 unspecified atom stereocenters. The SMILES string of the molecule is c1ccc(CCCC2(Cc3ccccc3)COCCN2)cc1. The lowest BCUT2D eigenvalue weighted by atomic mass is 9.85. The van der Waals surface area contributed by atoms with Crippen LogP contribution in [0.4, 0.5) is 0 Å². The van der Waals surface area contributed by atoms with Crippen molar-refractivity contribution in [2.24, 2.45) is 0 Å². The van der Waals surface area contributed by atoms with Crippen LogP contribution >= 0.6 is 0 Å². The molecule has 1 atom stereocenters. The summed E-state index contributed by atoms with van der Waals surface area (Å²) in [7, 11) is 0. The summed E-state index contributed by atoms with van der Waals surface area (Å²) >= 11 is 0. The normalized spacial score (nSPS) is 21.6. The van der Waals surface area contributed by atoms with Crippen LogP contribution in [0.25, 0.3) is 0 Å². The molecule has 22 heavy (non-hydrogen) atoms. The van der Waals surface area contributed by atoms with Gasteiger partial charge in [-0.3, -0.25) is 0 Å². The van der Waals surface area contributed by atoms with Gasteiger partial charge in [0.05, 0.1) is 13.2 Å². The molecule has 2 nitrogen and oxygen atoms in total. The Hall–Kier alpha value is -1.64. The monoisotopic (exact) mass is 295 g/mol. The molecule has 0 aliphatic carbocycles. The van der Waals surface area contributed by atoms with Gasteiger partial charge in [0.2, 0.25) is 0 Å². The second-order valence-corrected chi connectivity index (χ2v) is 6.26. The summed E-state index contributed by atoms with van der Waals surface area (Å²) in [6.07, 6.45) is 4.52. The minimum absolute atomic E-state index is 0.0917. The number of ether oxygens (including phenoxy) is 1. The molecule has 0 aromatic heterocycles. The maximum Gasteiger partial charge on any atom is 0.0652 e. The van der Waals surface area contributed by atoms with Crippen molar-refractivity contribution in [1.82, 2.24) is 5.32 Å². The lowest BCUT2D eigenvalue weighted by Crippen LogP contribution is -2.55. The molecule has 1 fully saturated rings. The van der Waals surface area contributed by atoms with Crippen LogP contribution in [0.2, 0.25) is 0 Å². The van der Waals surface area contributed by atoms with E-state index in [1.807, 2.05) is 0 Å². The van der Waals surface area contributed by atoms with E-state index in [1.165, 1.54) is 17.5 Å². The van der Waals surface area contributed by atoms with E-state index >= 15 is 0 Å². The van der Waals surface area contributed by atoms with Crippen LogP contribution in [-0.2, 0) is 17.6 Å². The summed E-state index contributed by atoms with van der Waals surface area (Å²) in [5.41, 5.74) is 2.91. The standard InChI is InChI=1S/C20H25NO/c1-3-8-18(9-4-1)12-7-13-20(17-22-15-14-21-20)16-19-10-5-2-6-11-19/h1-6,8-11,21H,7,12-17H2. The average molecular weight is 295 g/mol. The molecule has 0 amide bonds. The van der Waals surface area contributed by atoms with Crippen molar-refractivity contribution in [2.75, 3.05) is 19.8 Å². The number of hydrogen-bond acceptors (Lipinski definition) is 2. The van der Waals surface area contributed by atoms with Gasteiger partial charge in [0.25, 0.3) is 0 Å². The molecule has 2 aromatic carbocycles. The minimum Gasteiger partial charge on any atom is -0.378 e. The predicted octanol–water partition coefficient (Wildman–Crippen LogP) is 3.61. The molecular formula is C20H25NO. The number of nitrogens with one attached hydrogen (secondary N) is 1. The third-order valence-electron chi connectivity index (χ3n) is 4.47. The number of morpholine rings is 1. The fraction of sp³-hybridized carbons (Fsp3) is 0.400. The fourth-order valence-electron chi connectivity index (χ4n) is 3.33. The molecule has 1 aliphatic heterocycles. The predicted molar refractivity (Wildman–Crippen MR) is 91.1 cm³/mol. The van der Waals surface area contributed by atoms with Crippen LogP contribution in [0, 0.1) is 0 Å². The van der Waals surface area contributed by atoms with Crippen molar-refractivity contribution >= 4 is 0 Å². The van der Waals surface area contributed by atoms with Crippen LogP contribution in [0.5, 0.6) is 0 Å². The van der Waals surface area contributed by atoms with E-state index in [1.54, 1.807) is 0 Å². The summed E-state index contributed by atoms with van der Waals surface area (Å²) in [5.74, 6) is 0. The van der Waals surface area contributed by atoms with Crippen LogP contribution in [0.3, 0.4) is 0 Å². The molecule has 2 aromatic rings. The molecule has 0 radical (unpaired) electrons. The van der Waals surface area contributed by atoms with Crippen molar-refractivity contribution in [3.8, 4) is 0 Å². The molecule has 1 saturated heterocycles. The van der Waals surface area contributed by atoms with E-state index in [9.17, 15) is 0 Å². The zero-order valence-corrected chi connectivity index (χ0v) is 13.1. The third kappa shape index (κ3) is 4.19. The Morgan fingerprint density at radius 3 is 2.23 bits per heavy atom. The van der Waals surface area contributed by atoms with Crippen molar-refractivity contribution in [3.05, 3.63) is 71.8 Å². The molecule has 0 spiro atoms. The summed E-state index contributed by atoms with van der Waals surface area (Å²) in [5, 5.41) is 3.74. The van der Waals surface area contributed by atoms with Gasteiger partial charge in [0, 0.05) is 12.1 Å². The van der Waals surface area contributed by atoms with Gasteiger partial charge < -0.3 is 10.1 Å². The van der Waals surface area contributed by atoms with E-state index in [-0.39, 0.29) is 5.54 Å². The van der Waals surface area contributed by atoms with Crippen LogP contribution < -0.4 is 5.32 Å². The van der Waals surface area contributed by atoms with E-state index < -0.39 is 0 Å². The molecule has 1 N–H and O–H groups in total. The van der Waals surface area contributed by atoms with E-state index in [0.717, 1.165) is 39.0 Å². The van der Waals surface area contributed by atoms with Crippen LogP contribution in [0.1, 0.15) is 24.0 Å². The van der Waals surface area contributed by atoms with Crippen molar-refractivity contribution in [1.29, 1.82) is 0 Å². The highest BCUT2D eigenvalue weighted by Crippen LogP contribution is 2.23. The molecule has 3 rings (SSSR count). The smallest absolute Gasteiger partial charge is 0.0652 e. The quantitative estimate of drug-likeness (QED) is 0.879. The summed E-state index contributed by atoms with van der Waals surface area (Å²) in [4.78, 5) is 0. The highest BCUT2D eigenvalue weighted by atomic mass is 16.5. The van der Waals surface area contributed by atoms with E-state index in [0.29, 0.717) is 0 Å². The number of aryl methyl sites for hydroxylation is 1. The van der Waals surface area contributed by atoms with Crippen molar-refractivity contribution in [3.63, 3.8) is 0 Å². The van der Waals surface area contributed by atoms with Gasteiger partial charge in [-0.15, -0.1) is 0 Å². The number of benzene rings is 2. The van der Waals surface area contributed by atoms with E-state index in [2.05, 4.69) is 66.0 Å². The largest absolute Gasteiger partial charge is 0.378 e.